The van der Waals surface area contributed by atoms with Crippen molar-refractivity contribution < 1.29 is 5.11 Å². The lowest BCUT2D eigenvalue weighted by Crippen LogP contribution is -2.13. The number of nitriles is 1. The summed E-state index contributed by atoms with van der Waals surface area (Å²) in [7, 11) is 1.94. The van der Waals surface area contributed by atoms with Gasteiger partial charge in [-0.25, -0.2) is 0 Å². The van der Waals surface area contributed by atoms with Gasteiger partial charge in [0.1, 0.15) is 0 Å². The Hall–Kier alpha value is -2.31. The number of rotatable bonds is 3. The van der Waals surface area contributed by atoms with E-state index in [0.717, 1.165) is 16.9 Å². The lowest BCUT2D eigenvalue weighted by molar-refractivity contribution is 0.200. The van der Waals surface area contributed by atoms with Gasteiger partial charge >= 0.3 is 0 Å². The van der Waals surface area contributed by atoms with Crippen LogP contribution >= 0.6 is 0 Å². The SMILES string of the molecule is Cc1cccc(N(C)c2cc(C#N)ccc2[C@H](C)O)c1. The first-order valence-electron chi connectivity index (χ1n) is 6.55. The molecular weight excluding hydrogens is 248 g/mol. The van der Waals surface area contributed by atoms with Crippen molar-refractivity contribution in [1.29, 1.82) is 5.26 Å². The summed E-state index contributed by atoms with van der Waals surface area (Å²) in [6.45, 7) is 3.77. The van der Waals surface area contributed by atoms with E-state index >= 15 is 0 Å². The molecule has 0 heterocycles. The second-order valence-electron chi connectivity index (χ2n) is 4.96. The molecule has 3 nitrogen and oxygen atoms in total. The highest BCUT2D eigenvalue weighted by atomic mass is 16.3. The molecule has 1 atom stereocenters. The third kappa shape index (κ3) is 2.81. The molecule has 0 saturated heterocycles. The standard InChI is InChI=1S/C17H18N2O/c1-12-5-4-6-15(9-12)19(3)17-10-14(11-18)7-8-16(17)13(2)20/h4-10,13,20H,1-3H3/t13-/m0/s1. The molecule has 2 aromatic carbocycles. The zero-order chi connectivity index (χ0) is 14.7. The Balaban J connectivity index is 2.52. The molecule has 0 spiro atoms. The molecule has 0 unspecified atom stereocenters. The van der Waals surface area contributed by atoms with Gasteiger partial charge in [-0.15, -0.1) is 0 Å². The summed E-state index contributed by atoms with van der Waals surface area (Å²) in [5, 5.41) is 19.0. The van der Waals surface area contributed by atoms with Crippen molar-refractivity contribution in [2.45, 2.75) is 20.0 Å². The zero-order valence-corrected chi connectivity index (χ0v) is 12.0. The van der Waals surface area contributed by atoms with E-state index in [1.54, 1.807) is 13.0 Å². The number of benzene rings is 2. The van der Waals surface area contributed by atoms with Gasteiger partial charge in [-0.2, -0.15) is 5.26 Å². The summed E-state index contributed by atoms with van der Waals surface area (Å²) in [6, 6.07) is 15.6. The van der Waals surface area contributed by atoms with Crippen LogP contribution in [0.1, 0.15) is 29.7 Å². The second kappa shape index (κ2) is 5.77. The van der Waals surface area contributed by atoms with Crippen molar-refractivity contribution in [2.75, 3.05) is 11.9 Å². The topological polar surface area (TPSA) is 47.3 Å². The highest BCUT2D eigenvalue weighted by Crippen LogP contribution is 2.32. The van der Waals surface area contributed by atoms with Crippen LogP contribution in [0.25, 0.3) is 0 Å². The molecule has 0 bridgehead atoms. The fourth-order valence-corrected chi connectivity index (χ4v) is 2.23. The average Bonchev–Trinajstić information content (AvgIpc) is 2.45. The molecule has 0 aliphatic carbocycles. The van der Waals surface area contributed by atoms with Crippen molar-refractivity contribution in [3.63, 3.8) is 0 Å². The van der Waals surface area contributed by atoms with E-state index < -0.39 is 6.10 Å². The largest absolute Gasteiger partial charge is 0.389 e. The molecule has 2 rings (SSSR count). The molecule has 0 aliphatic rings. The number of aliphatic hydroxyl groups is 1. The molecule has 0 aliphatic heterocycles. The summed E-state index contributed by atoms with van der Waals surface area (Å²) < 4.78 is 0. The van der Waals surface area contributed by atoms with Crippen molar-refractivity contribution in [1.82, 2.24) is 0 Å². The van der Waals surface area contributed by atoms with Crippen LogP contribution < -0.4 is 4.90 Å². The van der Waals surface area contributed by atoms with Crippen LogP contribution in [0.3, 0.4) is 0 Å². The van der Waals surface area contributed by atoms with Crippen LogP contribution in [0, 0.1) is 18.3 Å². The van der Waals surface area contributed by atoms with E-state index in [-0.39, 0.29) is 0 Å². The third-order valence-corrected chi connectivity index (χ3v) is 3.36. The maximum atomic E-state index is 9.91. The number of hydrogen-bond acceptors (Lipinski definition) is 3. The van der Waals surface area contributed by atoms with Gasteiger partial charge in [0, 0.05) is 24.0 Å². The Morgan fingerprint density at radius 2 is 1.95 bits per heavy atom. The fourth-order valence-electron chi connectivity index (χ4n) is 2.23. The molecule has 20 heavy (non-hydrogen) atoms. The molecule has 0 amide bonds. The quantitative estimate of drug-likeness (QED) is 0.921. The third-order valence-electron chi connectivity index (χ3n) is 3.36. The van der Waals surface area contributed by atoms with Gasteiger partial charge in [0.15, 0.2) is 0 Å². The van der Waals surface area contributed by atoms with Crippen LogP contribution in [-0.4, -0.2) is 12.2 Å². The first-order chi connectivity index (χ1) is 9.52. The maximum absolute atomic E-state index is 9.91. The molecule has 0 saturated carbocycles. The zero-order valence-electron chi connectivity index (χ0n) is 12.0. The van der Waals surface area contributed by atoms with Gasteiger partial charge in [-0.05, 0) is 43.7 Å². The lowest BCUT2D eigenvalue weighted by Gasteiger charge is -2.24. The molecule has 0 radical (unpaired) electrons. The number of aliphatic hydroxyl groups excluding tert-OH is 1. The summed E-state index contributed by atoms with van der Waals surface area (Å²) in [6.07, 6.45) is -0.579. The van der Waals surface area contributed by atoms with Gasteiger partial charge in [-0.3, -0.25) is 0 Å². The lowest BCUT2D eigenvalue weighted by atomic mass is 10.0. The molecule has 1 N–H and O–H groups in total. The predicted octanol–water partition coefficient (Wildman–Crippen LogP) is 3.69. The Morgan fingerprint density at radius 1 is 1.20 bits per heavy atom. The van der Waals surface area contributed by atoms with Crippen molar-refractivity contribution in [3.05, 3.63) is 59.2 Å². The van der Waals surface area contributed by atoms with Gasteiger partial charge in [0.2, 0.25) is 0 Å². The Bertz CT molecular complexity index is 656. The van der Waals surface area contributed by atoms with E-state index in [0.29, 0.717) is 5.56 Å². The van der Waals surface area contributed by atoms with E-state index in [2.05, 4.69) is 12.1 Å². The monoisotopic (exact) mass is 266 g/mol. The van der Waals surface area contributed by atoms with Crippen LogP contribution in [-0.2, 0) is 0 Å². The number of hydrogen-bond donors (Lipinski definition) is 1. The number of nitrogens with zero attached hydrogens (tertiary/aromatic N) is 2. The maximum Gasteiger partial charge on any atom is 0.0992 e. The van der Waals surface area contributed by atoms with Gasteiger partial charge in [0.05, 0.1) is 17.7 Å². The normalized spacial score (nSPS) is 11.8. The van der Waals surface area contributed by atoms with Crippen LogP contribution in [0.5, 0.6) is 0 Å². The molecule has 2 aromatic rings. The highest BCUT2D eigenvalue weighted by molar-refractivity contribution is 5.68. The fraction of sp³-hybridized carbons (Fsp3) is 0.235. The Labute approximate surface area is 119 Å². The second-order valence-corrected chi connectivity index (χ2v) is 4.96. The number of anilines is 2. The van der Waals surface area contributed by atoms with E-state index in [4.69, 9.17) is 5.26 Å². The van der Waals surface area contributed by atoms with E-state index in [1.807, 2.05) is 49.2 Å². The van der Waals surface area contributed by atoms with Crippen molar-refractivity contribution in [3.8, 4) is 6.07 Å². The van der Waals surface area contributed by atoms with E-state index in [1.165, 1.54) is 5.56 Å². The summed E-state index contributed by atoms with van der Waals surface area (Å²) >= 11 is 0. The minimum Gasteiger partial charge on any atom is -0.389 e. The summed E-state index contributed by atoms with van der Waals surface area (Å²) in [5.74, 6) is 0. The van der Waals surface area contributed by atoms with Crippen molar-refractivity contribution >= 4 is 11.4 Å². The Kier molecular flexibility index (Phi) is 4.07. The molecular formula is C17H18N2O. The Morgan fingerprint density at radius 3 is 2.55 bits per heavy atom. The highest BCUT2D eigenvalue weighted by Gasteiger charge is 2.14. The average molecular weight is 266 g/mol. The first-order valence-corrected chi connectivity index (χ1v) is 6.55. The van der Waals surface area contributed by atoms with Crippen molar-refractivity contribution in [2.24, 2.45) is 0 Å². The molecule has 3 heteroatoms. The summed E-state index contributed by atoms with van der Waals surface area (Å²) in [4.78, 5) is 2.00. The predicted molar refractivity (Wildman–Crippen MR) is 81.0 cm³/mol. The minimum absolute atomic E-state index is 0.579. The van der Waals surface area contributed by atoms with Gasteiger partial charge < -0.3 is 10.0 Å². The van der Waals surface area contributed by atoms with Gasteiger partial charge in [0.25, 0.3) is 0 Å². The molecule has 102 valence electrons. The van der Waals surface area contributed by atoms with Crippen LogP contribution in [0.2, 0.25) is 0 Å². The van der Waals surface area contributed by atoms with E-state index in [9.17, 15) is 5.11 Å². The first kappa shape index (κ1) is 14.1. The molecule has 0 fully saturated rings. The van der Waals surface area contributed by atoms with Gasteiger partial charge in [-0.1, -0.05) is 18.2 Å². The molecule has 0 aromatic heterocycles. The minimum atomic E-state index is -0.579. The number of aryl methyl sites for hydroxylation is 1. The van der Waals surface area contributed by atoms with Crippen LogP contribution in [0.15, 0.2) is 42.5 Å². The van der Waals surface area contributed by atoms with Crippen LogP contribution in [0.4, 0.5) is 11.4 Å². The summed E-state index contributed by atoms with van der Waals surface area (Å²) in [5.41, 5.74) is 4.45. The smallest absolute Gasteiger partial charge is 0.0992 e.